The molecule has 6 nitrogen and oxygen atoms in total. The van der Waals surface area contributed by atoms with Gasteiger partial charge in [-0.15, -0.1) is 0 Å². The monoisotopic (exact) mass is 470 g/mol. The highest BCUT2D eigenvalue weighted by atomic mass is 19.1. The summed E-state index contributed by atoms with van der Waals surface area (Å²) < 4.78 is 18.5. The second-order valence-electron chi connectivity index (χ2n) is 8.79. The number of hydrogen-bond acceptors (Lipinski definition) is 4. The molecular formula is C28H23FN2O4. The molecule has 5 rings (SSSR count). The van der Waals surface area contributed by atoms with Gasteiger partial charge < -0.3 is 9.72 Å². The SMILES string of the molecule is COC(=O)c1c[nH]c2ccc(C3(Cc4ccc(F)cc4)CC(=O)N(Cc4ccccc4)C3=O)cc12. The maximum atomic E-state index is 14.0. The van der Waals surface area contributed by atoms with Crippen LogP contribution in [0.4, 0.5) is 4.39 Å². The predicted molar refractivity (Wildman–Crippen MR) is 128 cm³/mol. The quantitative estimate of drug-likeness (QED) is 0.332. The summed E-state index contributed by atoms with van der Waals surface area (Å²) >= 11 is 0. The molecule has 0 aliphatic carbocycles. The molecule has 35 heavy (non-hydrogen) atoms. The molecule has 2 heterocycles. The number of likely N-dealkylation sites (tertiary alicyclic amines) is 1. The third kappa shape index (κ3) is 3.99. The molecule has 3 aromatic carbocycles. The molecule has 0 saturated carbocycles. The van der Waals surface area contributed by atoms with Crippen LogP contribution in [0.5, 0.6) is 0 Å². The minimum absolute atomic E-state index is 0.0282. The number of fused-ring (bicyclic) bond motifs is 1. The van der Waals surface area contributed by atoms with Crippen LogP contribution in [0.2, 0.25) is 0 Å². The van der Waals surface area contributed by atoms with Crippen LogP contribution >= 0.6 is 0 Å². The van der Waals surface area contributed by atoms with Crippen molar-refractivity contribution in [2.24, 2.45) is 0 Å². The van der Waals surface area contributed by atoms with Crippen LogP contribution in [0.15, 0.2) is 79.0 Å². The van der Waals surface area contributed by atoms with Crippen LogP contribution in [0.25, 0.3) is 10.9 Å². The minimum Gasteiger partial charge on any atom is -0.465 e. The number of halogens is 1. The number of aromatic amines is 1. The minimum atomic E-state index is -1.19. The van der Waals surface area contributed by atoms with Gasteiger partial charge in [-0.3, -0.25) is 14.5 Å². The summed E-state index contributed by atoms with van der Waals surface area (Å²) in [6.45, 7) is 0.170. The summed E-state index contributed by atoms with van der Waals surface area (Å²) in [5.74, 6) is -1.46. The summed E-state index contributed by atoms with van der Waals surface area (Å²) in [5.41, 5.74) is 2.07. The number of amides is 2. The van der Waals surface area contributed by atoms with Crippen molar-refractivity contribution in [3.63, 3.8) is 0 Å². The van der Waals surface area contributed by atoms with Crippen LogP contribution in [-0.2, 0) is 32.7 Å². The molecule has 0 spiro atoms. The Kier molecular flexibility index (Phi) is 5.68. The number of nitrogens with one attached hydrogen (secondary N) is 1. The number of H-pyrrole nitrogens is 1. The van der Waals surface area contributed by atoms with Gasteiger partial charge in [-0.25, -0.2) is 9.18 Å². The Balaban J connectivity index is 1.62. The van der Waals surface area contributed by atoms with Gasteiger partial charge in [0, 0.05) is 23.5 Å². The number of carbonyl (C=O) groups is 3. The van der Waals surface area contributed by atoms with Gasteiger partial charge in [-0.05, 0) is 47.4 Å². The van der Waals surface area contributed by atoms with Crippen molar-refractivity contribution in [2.45, 2.75) is 24.8 Å². The molecule has 7 heteroatoms. The van der Waals surface area contributed by atoms with Gasteiger partial charge in [0.15, 0.2) is 0 Å². The lowest BCUT2D eigenvalue weighted by atomic mass is 9.73. The van der Waals surface area contributed by atoms with Crippen LogP contribution in [-0.4, -0.2) is 34.8 Å². The Morgan fingerprint density at radius 3 is 2.49 bits per heavy atom. The highest BCUT2D eigenvalue weighted by Crippen LogP contribution is 2.41. The fraction of sp³-hybridized carbons (Fsp3) is 0.179. The Morgan fingerprint density at radius 1 is 1.03 bits per heavy atom. The van der Waals surface area contributed by atoms with Gasteiger partial charge in [0.2, 0.25) is 11.8 Å². The number of ether oxygens (including phenoxy) is 1. The highest BCUT2D eigenvalue weighted by Gasteiger charge is 2.52. The summed E-state index contributed by atoms with van der Waals surface area (Å²) in [6.07, 6.45) is 1.75. The summed E-state index contributed by atoms with van der Waals surface area (Å²) in [7, 11) is 1.31. The van der Waals surface area contributed by atoms with Crippen molar-refractivity contribution in [2.75, 3.05) is 7.11 Å². The molecule has 0 radical (unpaired) electrons. The first-order valence-electron chi connectivity index (χ1n) is 11.2. The fourth-order valence-electron chi connectivity index (χ4n) is 4.84. The Labute approximate surface area is 201 Å². The molecule has 1 N–H and O–H groups in total. The topological polar surface area (TPSA) is 79.5 Å². The number of carbonyl (C=O) groups excluding carboxylic acids is 3. The lowest BCUT2D eigenvalue weighted by Gasteiger charge is -2.28. The van der Waals surface area contributed by atoms with E-state index in [4.69, 9.17) is 4.74 Å². The average Bonchev–Trinajstić information content (AvgIpc) is 3.40. The molecule has 1 atom stereocenters. The zero-order valence-corrected chi connectivity index (χ0v) is 19.1. The third-order valence-electron chi connectivity index (χ3n) is 6.65. The van der Waals surface area contributed by atoms with Crippen LogP contribution < -0.4 is 0 Å². The molecule has 1 unspecified atom stereocenters. The van der Waals surface area contributed by atoms with Crippen LogP contribution in [0, 0.1) is 5.82 Å². The summed E-state index contributed by atoms with van der Waals surface area (Å²) in [4.78, 5) is 43.8. The first-order valence-corrected chi connectivity index (χ1v) is 11.2. The molecule has 176 valence electrons. The lowest BCUT2D eigenvalue weighted by Crippen LogP contribution is -2.40. The molecular weight excluding hydrogens is 447 g/mol. The predicted octanol–water partition coefficient (Wildman–Crippen LogP) is 4.53. The number of imide groups is 1. The van der Waals surface area contributed by atoms with Crippen LogP contribution in [0.3, 0.4) is 0 Å². The number of hydrogen-bond donors (Lipinski definition) is 1. The van der Waals surface area contributed by atoms with Crippen molar-refractivity contribution in [1.82, 2.24) is 9.88 Å². The van der Waals surface area contributed by atoms with E-state index < -0.39 is 11.4 Å². The molecule has 2 amide bonds. The second-order valence-corrected chi connectivity index (χ2v) is 8.79. The maximum absolute atomic E-state index is 14.0. The van der Waals surface area contributed by atoms with Gasteiger partial charge in [0.05, 0.1) is 24.6 Å². The van der Waals surface area contributed by atoms with Gasteiger partial charge in [-0.2, -0.15) is 0 Å². The molecule has 1 aliphatic heterocycles. The van der Waals surface area contributed by atoms with Gasteiger partial charge in [0.25, 0.3) is 0 Å². The van der Waals surface area contributed by atoms with E-state index in [1.54, 1.807) is 36.5 Å². The summed E-state index contributed by atoms with van der Waals surface area (Å²) in [6, 6.07) is 20.7. The third-order valence-corrected chi connectivity index (χ3v) is 6.65. The number of methoxy groups -OCH3 is 1. The van der Waals surface area contributed by atoms with Crippen molar-refractivity contribution >= 4 is 28.7 Å². The molecule has 4 aromatic rings. The first-order chi connectivity index (χ1) is 16.9. The first kappa shape index (κ1) is 22.5. The maximum Gasteiger partial charge on any atom is 0.340 e. The largest absolute Gasteiger partial charge is 0.465 e. The van der Waals surface area contributed by atoms with E-state index in [1.165, 1.54) is 24.1 Å². The molecule has 1 aromatic heterocycles. The second kappa shape index (κ2) is 8.83. The Morgan fingerprint density at radius 2 is 1.77 bits per heavy atom. The van der Waals surface area contributed by atoms with Crippen molar-refractivity contribution in [3.05, 3.63) is 107 Å². The van der Waals surface area contributed by atoms with E-state index in [2.05, 4.69) is 4.98 Å². The van der Waals surface area contributed by atoms with Crippen LogP contribution in [0.1, 0.15) is 33.5 Å². The average molecular weight is 471 g/mol. The lowest BCUT2D eigenvalue weighted by molar-refractivity contribution is -0.140. The Hall–Kier alpha value is -4.26. The zero-order chi connectivity index (χ0) is 24.6. The molecule has 1 saturated heterocycles. The number of benzene rings is 3. The smallest absolute Gasteiger partial charge is 0.340 e. The van der Waals surface area contributed by atoms with E-state index in [1.807, 2.05) is 30.3 Å². The van der Waals surface area contributed by atoms with Crippen molar-refractivity contribution < 1.29 is 23.5 Å². The highest BCUT2D eigenvalue weighted by molar-refractivity contribution is 6.10. The van der Waals surface area contributed by atoms with E-state index in [0.717, 1.165) is 11.1 Å². The summed E-state index contributed by atoms with van der Waals surface area (Å²) in [5, 5.41) is 0.606. The number of esters is 1. The van der Waals surface area contributed by atoms with Gasteiger partial charge >= 0.3 is 5.97 Å². The molecule has 1 fully saturated rings. The van der Waals surface area contributed by atoms with Crippen molar-refractivity contribution in [3.8, 4) is 0 Å². The number of aromatic nitrogens is 1. The van der Waals surface area contributed by atoms with E-state index in [-0.39, 0.29) is 37.0 Å². The number of nitrogens with zero attached hydrogens (tertiary/aromatic N) is 1. The van der Waals surface area contributed by atoms with E-state index in [0.29, 0.717) is 22.0 Å². The van der Waals surface area contributed by atoms with E-state index in [9.17, 15) is 18.8 Å². The van der Waals surface area contributed by atoms with E-state index >= 15 is 0 Å². The van der Waals surface area contributed by atoms with Crippen molar-refractivity contribution in [1.29, 1.82) is 0 Å². The Bertz CT molecular complexity index is 1430. The normalized spacial score (nSPS) is 17.8. The van der Waals surface area contributed by atoms with Gasteiger partial charge in [-0.1, -0.05) is 48.5 Å². The standard InChI is InChI=1S/C28H23FN2O4/c1-35-26(33)23-16-30-24-12-9-20(13-22(23)24)28(14-18-7-10-21(29)11-8-18)15-25(32)31(27(28)34)17-19-5-3-2-4-6-19/h2-13,16,30H,14-15,17H2,1H3. The van der Waals surface area contributed by atoms with Gasteiger partial charge in [0.1, 0.15) is 5.82 Å². The molecule has 1 aliphatic rings. The fourth-order valence-corrected chi connectivity index (χ4v) is 4.84. The zero-order valence-electron chi connectivity index (χ0n) is 19.1. The number of rotatable bonds is 6. The molecule has 0 bridgehead atoms.